The molecule has 1 aliphatic heterocycles. The summed E-state index contributed by atoms with van der Waals surface area (Å²) in [5, 5.41) is 7.55. The molecule has 0 aromatic carbocycles. The fourth-order valence-corrected chi connectivity index (χ4v) is 2.36. The second-order valence-electron chi connectivity index (χ2n) is 4.73. The zero-order chi connectivity index (χ0) is 12.4. The zero-order valence-electron chi connectivity index (χ0n) is 11.3. The molecule has 2 aromatic rings. The number of rotatable bonds is 2. The van der Waals surface area contributed by atoms with Crippen LogP contribution in [0.15, 0.2) is 24.7 Å². The first-order valence-corrected chi connectivity index (χ1v) is 6.35. The van der Waals surface area contributed by atoms with Crippen LogP contribution in [0.1, 0.15) is 24.6 Å². The van der Waals surface area contributed by atoms with Crippen molar-refractivity contribution in [1.29, 1.82) is 0 Å². The smallest absolute Gasteiger partial charge is 0.132 e. The van der Waals surface area contributed by atoms with Crippen molar-refractivity contribution in [1.82, 2.24) is 25.1 Å². The summed E-state index contributed by atoms with van der Waals surface area (Å²) in [4.78, 5) is 9.12. The molecule has 110 valence electrons. The lowest BCUT2D eigenvalue weighted by Crippen LogP contribution is -2.27. The first-order chi connectivity index (χ1) is 8.83. The van der Waals surface area contributed by atoms with Gasteiger partial charge in [0.25, 0.3) is 0 Å². The second kappa shape index (κ2) is 7.57. The van der Waals surface area contributed by atoms with Crippen LogP contribution in [0, 0.1) is 0 Å². The second-order valence-corrected chi connectivity index (χ2v) is 4.73. The molecule has 1 fully saturated rings. The van der Waals surface area contributed by atoms with Gasteiger partial charge in [-0.05, 0) is 32.0 Å². The van der Waals surface area contributed by atoms with Crippen LogP contribution in [0.3, 0.4) is 0 Å². The first-order valence-electron chi connectivity index (χ1n) is 6.35. The standard InChI is InChI=1S/C13H17N5.2ClH/c1-18-9-11(8-16-18)12-4-7-15-13(17-12)10-2-5-14-6-3-10;;/h4,7-10,14H,2-3,5-6H2,1H3;2*1H. The van der Waals surface area contributed by atoms with Gasteiger partial charge in [0, 0.05) is 30.9 Å². The molecular weight excluding hydrogens is 297 g/mol. The third-order valence-corrected chi connectivity index (χ3v) is 3.38. The van der Waals surface area contributed by atoms with Crippen LogP contribution in [0.4, 0.5) is 0 Å². The molecule has 0 radical (unpaired) electrons. The first kappa shape index (κ1) is 16.9. The molecule has 3 heterocycles. The molecule has 0 amide bonds. The van der Waals surface area contributed by atoms with Gasteiger partial charge in [-0.2, -0.15) is 5.10 Å². The lowest BCUT2D eigenvalue weighted by molar-refractivity contribution is 0.445. The Balaban J connectivity index is 0.000001000. The Hall–Kier alpha value is -1.17. The van der Waals surface area contributed by atoms with Crippen molar-refractivity contribution in [3.63, 3.8) is 0 Å². The molecule has 20 heavy (non-hydrogen) atoms. The van der Waals surface area contributed by atoms with Gasteiger partial charge in [0.2, 0.25) is 0 Å². The van der Waals surface area contributed by atoms with Crippen molar-refractivity contribution < 1.29 is 0 Å². The summed E-state index contributed by atoms with van der Waals surface area (Å²) in [5.74, 6) is 1.46. The summed E-state index contributed by atoms with van der Waals surface area (Å²) in [6.07, 6.45) is 7.92. The van der Waals surface area contributed by atoms with E-state index in [1.54, 1.807) is 4.68 Å². The number of hydrogen-bond donors (Lipinski definition) is 1. The van der Waals surface area contributed by atoms with Crippen molar-refractivity contribution in [2.24, 2.45) is 7.05 Å². The predicted octanol–water partition coefficient (Wildman–Crippen LogP) is 2.19. The molecule has 2 aromatic heterocycles. The van der Waals surface area contributed by atoms with Crippen molar-refractivity contribution in [3.8, 4) is 11.3 Å². The highest BCUT2D eigenvalue weighted by atomic mass is 35.5. The van der Waals surface area contributed by atoms with E-state index in [1.165, 1.54) is 0 Å². The van der Waals surface area contributed by atoms with Gasteiger partial charge in [-0.3, -0.25) is 4.68 Å². The molecule has 0 unspecified atom stereocenters. The largest absolute Gasteiger partial charge is 0.317 e. The Morgan fingerprint density at radius 1 is 1.25 bits per heavy atom. The molecule has 0 spiro atoms. The maximum Gasteiger partial charge on any atom is 0.132 e. The van der Waals surface area contributed by atoms with E-state index in [9.17, 15) is 0 Å². The highest BCUT2D eigenvalue weighted by Gasteiger charge is 2.18. The van der Waals surface area contributed by atoms with E-state index in [-0.39, 0.29) is 24.8 Å². The topological polar surface area (TPSA) is 55.6 Å². The highest BCUT2D eigenvalue weighted by molar-refractivity contribution is 5.85. The van der Waals surface area contributed by atoms with Gasteiger partial charge in [0.05, 0.1) is 11.9 Å². The Morgan fingerprint density at radius 3 is 2.65 bits per heavy atom. The van der Waals surface area contributed by atoms with Gasteiger partial charge in [-0.1, -0.05) is 0 Å². The van der Waals surface area contributed by atoms with E-state index in [2.05, 4.69) is 20.4 Å². The molecule has 0 atom stereocenters. The Labute approximate surface area is 131 Å². The summed E-state index contributed by atoms with van der Waals surface area (Å²) in [5.41, 5.74) is 2.02. The van der Waals surface area contributed by atoms with Crippen LogP contribution >= 0.6 is 24.8 Å². The highest BCUT2D eigenvalue weighted by Crippen LogP contribution is 2.24. The van der Waals surface area contributed by atoms with Crippen LogP contribution in [0.2, 0.25) is 0 Å². The average molecular weight is 316 g/mol. The third-order valence-electron chi connectivity index (χ3n) is 3.38. The third kappa shape index (κ3) is 3.69. The zero-order valence-corrected chi connectivity index (χ0v) is 13.0. The summed E-state index contributed by atoms with van der Waals surface area (Å²) in [7, 11) is 1.92. The number of piperidine rings is 1. The molecule has 3 rings (SSSR count). The van der Waals surface area contributed by atoms with E-state index in [0.717, 1.165) is 43.0 Å². The SMILES string of the molecule is Cl.Cl.Cn1cc(-c2ccnc(C3CCNCC3)n2)cn1. The van der Waals surface area contributed by atoms with Gasteiger partial charge in [-0.15, -0.1) is 24.8 Å². The van der Waals surface area contributed by atoms with E-state index in [0.29, 0.717) is 5.92 Å². The summed E-state index contributed by atoms with van der Waals surface area (Å²) in [6.45, 7) is 2.12. The van der Waals surface area contributed by atoms with Crippen molar-refractivity contribution in [2.75, 3.05) is 13.1 Å². The predicted molar refractivity (Wildman–Crippen MR) is 83.6 cm³/mol. The average Bonchev–Trinajstić information content (AvgIpc) is 2.87. The van der Waals surface area contributed by atoms with Gasteiger partial charge in [0.15, 0.2) is 0 Å². The number of aryl methyl sites for hydroxylation is 1. The fourth-order valence-electron chi connectivity index (χ4n) is 2.36. The summed E-state index contributed by atoms with van der Waals surface area (Å²) in [6, 6.07) is 1.95. The molecule has 7 heteroatoms. The monoisotopic (exact) mass is 315 g/mol. The number of aromatic nitrogens is 4. The van der Waals surface area contributed by atoms with Crippen LogP contribution < -0.4 is 5.32 Å². The number of nitrogens with one attached hydrogen (secondary N) is 1. The van der Waals surface area contributed by atoms with Gasteiger partial charge < -0.3 is 5.32 Å². The fraction of sp³-hybridized carbons (Fsp3) is 0.462. The minimum Gasteiger partial charge on any atom is -0.317 e. The molecule has 1 aliphatic rings. The quantitative estimate of drug-likeness (QED) is 0.923. The lowest BCUT2D eigenvalue weighted by atomic mass is 9.97. The lowest BCUT2D eigenvalue weighted by Gasteiger charge is -2.21. The van der Waals surface area contributed by atoms with Crippen molar-refractivity contribution in [2.45, 2.75) is 18.8 Å². The summed E-state index contributed by atoms with van der Waals surface area (Å²) < 4.78 is 1.79. The minimum atomic E-state index is 0. The van der Waals surface area contributed by atoms with Crippen LogP contribution in [0.25, 0.3) is 11.3 Å². The molecule has 0 aliphatic carbocycles. The van der Waals surface area contributed by atoms with E-state index in [4.69, 9.17) is 0 Å². The Bertz CT molecular complexity index is 537. The number of hydrogen-bond acceptors (Lipinski definition) is 4. The molecule has 0 bridgehead atoms. The van der Waals surface area contributed by atoms with E-state index >= 15 is 0 Å². The van der Waals surface area contributed by atoms with E-state index in [1.807, 2.05) is 31.7 Å². The maximum atomic E-state index is 4.69. The molecular formula is C13H19Cl2N5. The molecule has 1 saturated heterocycles. The van der Waals surface area contributed by atoms with Gasteiger partial charge in [0.1, 0.15) is 5.82 Å². The molecule has 0 saturated carbocycles. The van der Waals surface area contributed by atoms with Crippen molar-refractivity contribution >= 4 is 24.8 Å². The normalized spacial score (nSPS) is 15.2. The molecule has 1 N–H and O–H groups in total. The van der Waals surface area contributed by atoms with Crippen LogP contribution in [0.5, 0.6) is 0 Å². The number of halogens is 2. The Morgan fingerprint density at radius 2 is 2.00 bits per heavy atom. The van der Waals surface area contributed by atoms with Crippen molar-refractivity contribution in [3.05, 3.63) is 30.5 Å². The van der Waals surface area contributed by atoms with Gasteiger partial charge >= 0.3 is 0 Å². The number of nitrogens with zero attached hydrogens (tertiary/aromatic N) is 4. The Kier molecular flexibility index (Phi) is 6.39. The van der Waals surface area contributed by atoms with Crippen LogP contribution in [-0.2, 0) is 7.05 Å². The van der Waals surface area contributed by atoms with E-state index < -0.39 is 0 Å². The van der Waals surface area contributed by atoms with Crippen LogP contribution in [-0.4, -0.2) is 32.8 Å². The maximum absolute atomic E-state index is 4.69. The minimum absolute atomic E-state index is 0. The molecule has 5 nitrogen and oxygen atoms in total. The summed E-state index contributed by atoms with van der Waals surface area (Å²) >= 11 is 0. The van der Waals surface area contributed by atoms with Gasteiger partial charge in [-0.25, -0.2) is 9.97 Å².